The lowest BCUT2D eigenvalue weighted by atomic mass is 10.1. The summed E-state index contributed by atoms with van der Waals surface area (Å²) in [6, 6.07) is 9.02. The van der Waals surface area contributed by atoms with E-state index in [0.29, 0.717) is 53.2 Å². The Labute approximate surface area is 169 Å². The molecule has 0 spiro atoms. The molecule has 1 saturated heterocycles. The minimum absolute atomic E-state index is 0.0296. The number of methoxy groups -OCH3 is 2. The molecule has 0 saturated carbocycles. The highest BCUT2D eigenvalue weighted by molar-refractivity contribution is 9.10. The standard InChI is InChI=1S/C19H18BrN3O5/c1-25-13-3-4-14(26-2)11(7-13)9-23-10-12(8-17(23)24)18-21-19(28-22-18)15-5-6-16(20)27-15/h3-7,12H,8-10H2,1-2H3. The van der Waals surface area contributed by atoms with Gasteiger partial charge < -0.3 is 23.3 Å². The molecule has 28 heavy (non-hydrogen) atoms. The van der Waals surface area contributed by atoms with Crippen LogP contribution in [-0.4, -0.2) is 41.7 Å². The number of rotatable bonds is 6. The molecule has 1 amide bonds. The van der Waals surface area contributed by atoms with Gasteiger partial charge in [0.05, 0.1) is 14.2 Å². The normalized spacial score (nSPS) is 16.6. The van der Waals surface area contributed by atoms with Gasteiger partial charge in [0.2, 0.25) is 5.91 Å². The first-order valence-corrected chi connectivity index (χ1v) is 9.44. The highest BCUT2D eigenvalue weighted by Crippen LogP contribution is 2.32. The van der Waals surface area contributed by atoms with Gasteiger partial charge in [0.25, 0.3) is 5.89 Å². The van der Waals surface area contributed by atoms with Crippen LogP contribution in [-0.2, 0) is 11.3 Å². The Morgan fingerprint density at radius 1 is 1.25 bits per heavy atom. The molecule has 4 rings (SSSR count). The smallest absolute Gasteiger partial charge is 0.293 e. The lowest BCUT2D eigenvalue weighted by Crippen LogP contribution is -2.24. The van der Waals surface area contributed by atoms with Gasteiger partial charge in [-0.05, 0) is 46.3 Å². The maximum Gasteiger partial charge on any atom is 0.293 e. The van der Waals surface area contributed by atoms with Gasteiger partial charge >= 0.3 is 0 Å². The summed E-state index contributed by atoms with van der Waals surface area (Å²) in [6.07, 6.45) is 0.326. The van der Waals surface area contributed by atoms with Gasteiger partial charge in [-0.25, -0.2) is 0 Å². The molecule has 2 aromatic heterocycles. The third kappa shape index (κ3) is 3.62. The summed E-state index contributed by atoms with van der Waals surface area (Å²) in [6.45, 7) is 0.922. The number of amides is 1. The summed E-state index contributed by atoms with van der Waals surface area (Å²) in [7, 11) is 3.21. The zero-order valence-corrected chi connectivity index (χ0v) is 16.9. The first-order valence-electron chi connectivity index (χ1n) is 8.65. The molecule has 3 heterocycles. The number of carbonyl (C=O) groups is 1. The zero-order valence-electron chi connectivity index (χ0n) is 15.3. The van der Waals surface area contributed by atoms with Crippen LogP contribution >= 0.6 is 15.9 Å². The van der Waals surface area contributed by atoms with Crippen LogP contribution in [0.3, 0.4) is 0 Å². The first-order chi connectivity index (χ1) is 13.6. The van der Waals surface area contributed by atoms with Crippen LogP contribution in [0.15, 0.2) is 43.9 Å². The van der Waals surface area contributed by atoms with Gasteiger partial charge in [-0.3, -0.25) is 4.79 Å². The number of aromatic nitrogens is 2. The molecule has 1 aliphatic rings. The molecular formula is C19H18BrN3O5. The highest BCUT2D eigenvalue weighted by atomic mass is 79.9. The third-order valence-corrected chi connectivity index (χ3v) is 5.08. The largest absolute Gasteiger partial charge is 0.497 e. The van der Waals surface area contributed by atoms with Crippen molar-refractivity contribution >= 4 is 21.8 Å². The second-order valence-corrected chi connectivity index (χ2v) is 7.20. The van der Waals surface area contributed by atoms with E-state index in [1.165, 1.54) is 0 Å². The van der Waals surface area contributed by atoms with Crippen LogP contribution in [0.2, 0.25) is 0 Å². The van der Waals surface area contributed by atoms with E-state index in [1.807, 2.05) is 18.2 Å². The minimum Gasteiger partial charge on any atom is -0.497 e. The minimum atomic E-state index is -0.139. The fourth-order valence-electron chi connectivity index (χ4n) is 3.24. The van der Waals surface area contributed by atoms with Crippen molar-refractivity contribution in [1.29, 1.82) is 0 Å². The number of ether oxygens (including phenoxy) is 2. The van der Waals surface area contributed by atoms with E-state index in [-0.39, 0.29) is 11.8 Å². The molecule has 0 N–H and O–H groups in total. The number of furan rings is 1. The maximum atomic E-state index is 12.5. The van der Waals surface area contributed by atoms with Gasteiger partial charge in [-0.2, -0.15) is 4.98 Å². The summed E-state index contributed by atoms with van der Waals surface area (Å²) in [4.78, 5) is 18.7. The molecule has 3 aromatic rings. The molecule has 0 radical (unpaired) electrons. The number of carbonyl (C=O) groups excluding carboxylic acids is 1. The topological polar surface area (TPSA) is 90.8 Å². The van der Waals surface area contributed by atoms with E-state index in [0.717, 1.165) is 5.56 Å². The third-order valence-electron chi connectivity index (χ3n) is 4.65. The molecule has 1 atom stereocenters. The predicted octanol–water partition coefficient (Wildman–Crippen LogP) is 3.63. The van der Waals surface area contributed by atoms with E-state index >= 15 is 0 Å². The van der Waals surface area contributed by atoms with E-state index < -0.39 is 0 Å². The van der Waals surface area contributed by atoms with Gasteiger partial charge in [0.1, 0.15) is 11.5 Å². The lowest BCUT2D eigenvalue weighted by Gasteiger charge is -2.18. The van der Waals surface area contributed by atoms with Crippen LogP contribution in [0.5, 0.6) is 11.5 Å². The van der Waals surface area contributed by atoms with Crippen LogP contribution in [0.4, 0.5) is 0 Å². The van der Waals surface area contributed by atoms with Crippen molar-refractivity contribution in [3.8, 4) is 23.1 Å². The lowest BCUT2D eigenvalue weighted by molar-refractivity contribution is -0.128. The Kier molecular flexibility index (Phi) is 5.08. The van der Waals surface area contributed by atoms with Crippen LogP contribution in [0, 0.1) is 0 Å². The van der Waals surface area contributed by atoms with Crippen molar-refractivity contribution in [2.24, 2.45) is 0 Å². The quantitative estimate of drug-likeness (QED) is 0.569. The molecule has 1 aromatic carbocycles. The number of likely N-dealkylation sites (tertiary alicyclic amines) is 1. The van der Waals surface area contributed by atoms with Gasteiger partial charge in [-0.15, -0.1) is 0 Å². The van der Waals surface area contributed by atoms with Gasteiger partial charge in [-0.1, -0.05) is 5.16 Å². The second kappa shape index (κ2) is 7.67. The fraction of sp³-hybridized carbons (Fsp3) is 0.316. The molecule has 1 fully saturated rings. The Bertz CT molecular complexity index is 999. The monoisotopic (exact) mass is 447 g/mol. The molecule has 0 aliphatic carbocycles. The molecular weight excluding hydrogens is 430 g/mol. The molecule has 1 aliphatic heterocycles. The van der Waals surface area contributed by atoms with Crippen LogP contribution in [0.25, 0.3) is 11.7 Å². The molecule has 1 unspecified atom stereocenters. The number of hydrogen-bond donors (Lipinski definition) is 0. The summed E-state index contributed by atoms with van der Waals surface area (Å²) in [5.41, 5.74) is 0.880. The SMILES string of the molecule is COc1ccc(OC)c(CN2CC(c3noc(-c4ccc(Br)o4)n3)CC2=O)c1. The van der Waals surface area contributed by atoms with E-state index in [1.54, 1.807) is 31.3 Å². The van der Waals surface area contributed by atoms with Crippen molar-refractivity contribution in [2.75, 3.05) is 20.8 Å². The van der Waals surface area contributed by atoms with E-state index in [2.05, 4.69) is 26.1 Å². The van der Waals surface area contributed by atoms with Crippen molar-refractivity contribution in [1.82, 2.24) is 15.0 Å². The molecule has 8 nitrogen and oxygen atoms in total. The average molecular weight is 448 g/mol. The van der Waals surface area contributed by atoms with Crippen molar-refractivity contribution in [2.45, 2.75) is 18.9 Å². The van der Waals surface area contributed by atoms with Gasteiger partial charge in [0.15, 0.2) is 16.3 Å². The Hall–Kier alpha value is -2.81. The number of hydrogen-bond acceptors (Lipinski definition) is 7. The zero-order chi connectivity index (χ0) is 19.7. The maximum absolute atomic E-state index is 12.5. The first kappa shape index (κ1) is 18.5. The van der Waals surface area contributed by atoms with Crippen molar-refractivity contribution in [3.63, 3.8) is 0 Å². The molecule has 146 valence electrons. The van der Waals surface area contributed by atoms with Crippen LogP contribution in [0.1, 0.15) is 23.7 Å². The number of benzene rings is 1. The second-order valence-electron chi connectivity index (χ2n) is 6.41. The highest BCUT2D eigenvalue weighted by Gasteiger charge is 2.34. The van der Waals surface area contributed by atoms with Crippen molar-refractivity contribution < 1.29 is 23.2 Å². The summed E-state index contributed by atoms with van der Waals surface area (Å²) >= 11 is 3.24. The Morgan fingerprint density at radius 2 is 2.11 bits per heavy atom. The average Bonchev–Trinajstić information content (AvgIpc) is 3.42. The van der Waals surface area contributed by atoms with E-state index in [9.17, 15) is 4.79 Å². The molecule has 9 heteroatoms. The fourth-order valence-corrected chi connectivity index (χ4v) is 3.55. The predicted molar refractivity (Wildman–Crippen MR) is 102 cm³/mol. The summed E-state index contributed by atoms with van der Waals surface area (Å²) in [5.74, 6) is 2.58. The summed E-state index contributed by atoms with van der Waals surface area (Å²) < 4.78 is 22.0. The summed E-state index contributed by atoms with van der Waals surface area (Å²) in [5, 5.41) is 4.04. The number of nitrogens with zero attached hydrogens (tertiary/aromatic N) is 3. The Morgan fingerprint density at radius 3 is 2.82 bits per heavy atom. The molecule has 0 bridgehead atoms. The van der Waals surface area contributed by atoms with Crippen molar-refractivity contribution in [3.05, 3.63) is 46.4 Å². The van der Waals surface area contributed by atoms with E-state index in [4.69, 9.17) is 18.4 Å². The Balaban J connectivity index is 1.50. The van der Waals surface area contributed by atoms with Crippen LogP contribution < -0.4 is 9.47 Å². The van der Waals surface area contributed by atoms with Gasteiger partial charge in [0, 0.05) is 31.0 Å². The number of halogens is 1.